The molecule has 1 unspecified atom stereocenters. The third-order valence-electron chi connectivity index (χ3n) is 2.37. The van der Waals surface area contributed by atoms with Gasteiger partial charge in [-0.25, -0.2) is 9.97 Å². The van der Waals surface area contributed by atoms with E-state index in [9.17, 15) is 0 Å². The van der Waals surface area contributed by atoms with E-state index in [-0.39, 0.29) is 5.92 Å². The van der Waals surface area contributed by atoms with Crippen molar-refractivity contribution in [1.29, 1.82) is 0 Å². The highest BCUT2D eigenvalue weighted by Gasteiger charge is 2.14. The third kappa shape index (κ3) is 2.92. The average Bonchev–Trinajstić information content (AvgIpc) is 2.29. The van der Waals surface area contributed by atoms with Crippen LogP contribution in [0, 0.1) is 0 Å². The second-order valence-electron chi connectivity index (χ2n) is 3.65. The highest BCUT2D eigenvalue weighted by molar-refractivity contribution is 9.10. The molecule has 1 heterocycles. The molecular weight excluding hydrogens is 270 g/mol. The molecule has 0 spiro atoms. The third-order valence-corrected chi connectivity index (χ3v) is 3.20. The monoisotopic (exact) mass is 287 g/mol. The van der Waals surface area contributed by atoms with Crippen LogP contribution in [0.5, 0.6) is 0 Å². The Hall–Kier alpha value is -0.680. The van der Waals surface area contributed by atoms with Gasteiger partial charge in [-0.15, -0.1) is 0 Å². The Bertz CT molecular complexity index is 332. The molecule has 0 aliphatic rings. The van der Waals surface area contributed by atoms with E-state index in [1.807, 2.05) is 7.05 Å². The predicted octanol–water partition coefficient (Wildman–Crippen LogP) is 2.59. The molecule has 1 aromatic rings. The van der Waals surface area contributed by atoms with Gasteiger partial charge in [-0.3, -0.25) is 0 Å². The zero-order valence-corrected chi connectivity index (χ0v) is 11.8. The van der Waals surface area contributed by atoms with E-state index in [1.54, 1.807) is 7.11 Å². The number of hydrogen-bond acceptors (Lipinski definition) is 4. The zero-order valence-electron chi connectivity index (χ0n) is 10.2. The molecule has 16 heavy (non-hydrogen) atoms. The largest absolute Gasteiger partial charge is 0.384 e. The topological polar surface area (TPSA) is 47.0 Å². The lowest BCUT2D eigenvalue weighted by molar-refractivity contribution is 0.181. The van der Waals surface area contributed by atoms with Crippen LogP contribution < -0.4 is 5.32 Å². The van der Waals surface area contributed by atoms with Gasteiger partial charge in [0.15, 0.2) is 0 Å². The number of halogens is 1. The summed E-state index contributed by atoms with van der Waals surface area (Å²) in [5.41, 5.74) is 1.03. The van der Waals surface area contributed by atoms with Gasteiger partial charge in [0.25, 0.3) is 0 Å². The summed E-state index contributed by atoms with van der Waals surface area (Å²) in [6.45, 7) is 4.77. The zero-order chi connectivity index (χ0) is 12.1. The predicted molar refractivity (Wildman–Crippen MR) is 68.9 cm³/mol. The van der Waals surface area contributed by atoms with Crippen molar-refractivity contribution < 1.29 is 4.74 Å². The van der Waals surface area contributed by atoms with Crippen LogP contribution in [0.25, 0.3) is 0 Å². The summed E-state index contributed by atoms with van der Waals surface area (Å²) in [5, 5.41) is 3.07. The van der Waals surface area contributed by atoms with Gasteiger partial charge in [0, 0.05) is 20.1 Å². The normalized spacial score (nSPS) is 12.6. The van der Waals surface area contributed by atoms with Crippen LogP contribution in [0.1, 0.15) is 31.3 Å². The first kappa shape index (κ1) is 13.4. The van der Waals surface area contributed by atoms with Gasteiger partial charge >= 0.3 is 0 Å². The maximum absolute atomic E-state index is 5.12. The van der Waals surface area contributed by atoms with Crippen molar-refractivity contribution in [3.05, 3.63) is 16.0 Å². The van der Waals surface area contributed by atoms with Crippen molar-refractivity contribution in [3.8, 4) is 0 Å². The van der Waals surface area contributed by atoms with Crippen LogP contribution in [0.15, 0.2) is 4.47 Å². The molecule has 1 aromatic heterocycles. The Kier molecular flexibility index (Phi) is 5.15. The maximum atomic E-state index is 5.12. The SMILES string of the molecule is CCc1nc(C(C)COC)nc(NC)c1Br. The maximum Gasteiger partial charge on any atom is 0.144 e. The number of methoxy groups -OCH3 is 1. The molecule has 0 fully saturated rings. The first-order chi connectivity index (χ1) is 7.63. The molecule has 90 valence electrons. The lowest BCUT2D eigenvalue weighted by atomic mass is 10.1. The van der Waals surface area contributed by atoms with E-state index in [2.05, 4.69) is 45.1 Å². The minimum atomic E-state index is 0.204. The van der Waals surface area contributed by atoms with Crippen LogP contribution in [0.2, 0.25) is 0 Å². The van der Waals surface area contributed by atoms with Crippen LogP contribution in [0.3, 0.4) is 0 Å². The molecule has 0 radical (unpaired) electrons. The van der Waals surface area contributed by atoms with Gasteiger partial charge in [0.2, 0.25) is 0 Å². The number of rotatable bonds is 5. The Morgan fingerprint density at radius 1 is 1.44 bits per heavy atom. The standard InChI is InChI=1S/C11H18BrN3O/c1-5-8-9(12)11(13-3)15-10(14-8)7(2)6-16-4/h7H,5-6H2,1-4H3,(H,13,14,15). The van der Waals surface area contributed by atoms with Crippen LogP contribution >= 0.6 is 15.9 Å². The fraction of sp³-hybridized carbons (Fsp3) is 0.636. The summed E-state index contributed by atoms with van der Waals surface area (Å²) in [4.78, 5) is 9.01. The Morgan fingerprint density at radius 2 is 2.12 bits per heavy atom. The molecule has 1 atom stereocenters. The Balaban J connectivity index is 3.11. The van der Waals surface area contributed by atoms with Crippen molar-refractivity contribution >= 4 is 21.7 Å². The Labute approximate surface area is 105 Å². The van der Waals surface area contributed by atoms with Crippen LogP contribution in [-0.4, -0.2) is 30.7 Å². The fourth-order valence-corrected chi connectivity index (χ4v) is 2.11. The highest BCUT2D eigenvalue weighted by atomic mass is 79.9. The Morgan fingerprint density at radius 3 is 2.62 bits per heavy atom. The number of nitrogens with one attached hydrogen (secondary N) is 1. The number of ether oxygens (including phenoxy) is 1. The van der Waals surface area contributed by atoms with E-state index >= 15 is 0 Å². The van der Waals surface area contributed by atoms with Crippen molar-refractivity contribution in [2.45, 2.75) is 26.2 Å². The second-order valence-corrected chi connectivity index (χ2v) is 4.44. The molecule has 1 N–H and O–H groups in total. The number of hydrogen-bond donors (Lipinski definition) is 1. The first-order valence-electron chi connectivity index (χ1n) is 5.37. The van der Waals surface area contributed by atoms with Gasteiger partial charge < -0.3 is 10.1 Å². The average molecular weight is 288 g/mol. The highest BCUT2D eigenvalue weighted by Crippen LogP contribution is 2.25. The fourth-order valence-electron chi connectivity index (χ4n) is 1.46. The molecule has 0 saturated carbocycles. The molecule has 4 nitrogen and oxygen atoms in total. The smallest absolute Gasteiger partial charge is 0.144 e. The summed E-state index contributed by atoms with van der Waals surface area (Å²) in [6, 6.07) is 0. The second kappa shape index (κ2) is 6.15. The first-order valence-corrected chi connectivity index (χ1v) is 6.16. The molecule has 0 aromatic carbocycles. The summed E-state index contributed by atoms with van der Waals surface area (Å²) < 4.78 is 6.07. The van der Waals surface area contributed by atoms with Crippen LogP contribution in [-0.2, 0) is 11.2 Å². The van der Waals surface area contributed by atoms with Gasteiger partial charge in [-0.1, -0.05) is 13.8 Å². The lowest BCUT2D eigenvalue weighted by Gasteiger charge is -2.13. The van der Waals surface area contributed by atoms with Crippen molar-refractivity contribution in [1.82, 2.24) is 9.97 Å². The minimum absolute atomic E-state index is 0.204. The minimum Gasteiger partial charge on any atom is -0.384 e. The summed E-state index contributed by atoms with van der Waals surface area (Å²) in [5.74, 6) is 1.87. The van der Waals surface area contributed by atoms with Crippen molar-refractivity contribution in [2.24, 2.45) is 0 Å². The summed E-state index contributed by atoms with van der Waals surface area (Å²) >= 11 is 3.51. The number of nitrogens with zero attached hydrogens (tertiary/aromatic N) is 2. The van der Waals surface area contributed by atoms with E-state index in [4.69, 9.17) is 4.74 Å². The molecule has 0 aliphatic heterocycles. The van der Waals surface area contributed by atoms with Gasteiger partial charge in [-0.05, 0) is 22.4 Å². The van der Waals surface area contributed by atoms with E-state index in [1.165, 1.54) is 0 Å². The number of anilines is 1. The summed E-state index contributed by atoms with van der Waals surface area (Å²) in [6.07, 6.45) is 0.879. The molecule has 0 aliphatic carbocycles. The van der Waals surface area contributed by atoms with Crippen LogP contribution in [0.4, 0.5) is 5.82 Å². The quantitative estimate of drug-likeness (QED) is 0.904. The van der Waals surface area contributed by atoms with E-state index < -0.39 is 0 Å². The molecule has 0 bridgehead atoms. The van der Waals surface area contributed by atoms with E-state index in [0.717, 1.165) is 28.2 Å². The van der Waals surface area contributed by atoms with Crippen molar-refractivity contribution in [2.75, 3.05) is 26.1 Å². The summed E-state index contributed by atoms with van der Waals surface area (Å²) in [7, 11) is 3.55. The van der Waals surface area contributed by atoms with Gasteiger partial charge in [0.05, 0.1) is 16.8 Å². The van der Waals surface area contributed by atoms with Crippen molar-refractivity contribution in [3.63, 3.8) is 0 Å². The van der Waals surface area contributed by atoms with E-state index in [0.29, 0.717) is 6.61 Å². The number of aryl methyl sites for hydroxylation is 1. The molecule has 5 heteroatoms. The lowest BCUT2D eigenvalue weighted by Crippen LogP contribution is -2.11. The molecule has 0 amide bonds. The van der Waals surface area contributed by atoms with Gasteiger partial charge in [0.1, 0.15) is 11.6 Å². The molecule has 0 saturated heterocycles. The van der Waals surface area contributed by atoms with Gasteiger partial charge in [-0.2, -0.15) is 0 Å². The molecule has 1 rings (SSSR count). The molecular formula is C11H18BrN3O. The number of aromatic nitrogens is 2.